The van der Waals surface area contributed by atoms with Crippen molar-refractivity contribution in [2.45, 2.75) is 0 Å². The summed E-state index contributed by atoms with van der Waals surface area (Å²) in [7, 11) is 9.87. The average Bonchev–Trinajstić information content (AvgIpc) is 3.67. The Bertz CT molecular complexity index is 952. The normalized spacial score (nSPS) is 16.3. The first-order chi connectivity index (χ1) is 18.3. The van der Waals surface area contributed by atoms with Crippen molar-refractivity contribution in [1.29, 1.82) is 0 Å². The Balaban J connectivity index is 0.000000157. The summed E-state index contributed by atoms with van der Waals surface area (Å²) in [6, 6.07) is 42.1. The number of benzene rings is 4. The first-order valence-corrected chi connectivity index (χ1v) is 18.3. The van der Waals surface area contributed by atoms with Gasteiger partial charge >= 0.3 is 37.9 Å². The van der Waals surface area contributed by atoms with Crippen LogP contribution in [0.2, 0.25) is 0 Å². The fraction of sp³-hybridized carbons (Fsp3) is 0. The van der Waals surface area contributed by atoms with E-state index < -0.39 is 20.8 Å². The van der Waals surface area contributed by atoms with E-state index in [0.717, 1.165) is 0 Å². The van der Waals surface area contributed by atoms with Gasteiger partial charge in [0.25, 0.3) is 0 Å². The van der Waals surface area contributed by atoms with Gasteiger partial charge in [-0.3, -0.25) is 0 Å². The van der Waals surface area contributed by atoms with Crippen LogP contribution in [-0.2, 0) is 20.8 Å². The van der Waals surface area contributed by atoms with Crippen LogP contribution >= 0.6 is 17.0 Å². The average molecular weight is 597 g/mol. The summed E-state index contributed by atoms with van der Waals surface area (Å²) in [6.45, 7) is 0. The van der Waals surface area contributed by atoms with Gasteiger partial charge in [0.1, 0.15) is 0 Å². The van der Waals surface area contributed by atoms with Crippen LogP contribution in [0.5, 0.6) is 0 Å². The molecule has 0 atom stereocenters. The van der Waals surface area contributed by atoms with Crippen molar-refractivity contribution in [3.05, 3.63) is 206 Å². The van der Waals surface area contributed by atoms with E-state index >= 15 is 0 Å². The molecule has 2 saturated carbocycles. The summed E-state index contributed by atoms with van der Waals surface area (Å²) in [5.41, 5.74) is 5.10. The number of hydrogen-bond donors (Lipinski definition) is 0. The molecule has 4 aromatic carbocycles. The molecule has 0 amide bonds. The Labute approximate surface area is 242 Å². The van der Waals surface area contributed by atoms with E-state index in [1.165, 1.54) is 45.9 Å². The molecule has 0 N–H and O–H groups in total. The van der Waals surface area contributed by atoms with E-state index in [1.54, 1.807) is 0 Å². The zero-order valence-corrected chi connectivity index (χ0v) is 24.2. The molecule has 6 rings (SSSR count). The van der Waals surface area contributed by atoms with Crippen molar-refractivity contribution in [1.82, 2.24) is 0 Å². The van der Waals surface area contributed by atoms with Crippen molar-refractivity contribution in [2.75, 3.05) is 0 Å². The fourth-order valence-corrected chi connectivity index (χ4v) is 4.32. The van der Waals surface area contributed by atoms with Crippen LogP contribution < -0.4 is 0 Å². The molecule has 0 heterocycles. The first kappa shape index (κ1) is 28.4. The van der Waals surface area contributed by atoms with E-state index in [-0.39, 0.29) is 0 Å². The van der Waals surface area contributed by atoms with E-state index in [2.05, 4.69) is 160 Å². The standard InChI is InChI=1S/2C17H13.2ClH.Zr/c2*1-3-8-14(9-4-1)16-12-7-13-17(16)15-10-5-2-6-11-15;;;/h2*1-13H;2*1H;/q;;;;+4/p-2. The number of rotatable bonds is 4. The zero-order valence-electron chi connectivity index (χ0n) is 20.3. The van der Waals surface area contributed by atoms with Crippen molar-refractivity contribution >= 4 is 17.0 Å². The second-order valence-electron chi connectivity index (χ2n) is 8.24. The number of halogens is 2. The van der Waals surface area contributed by atoms with Crippen molar-refractivity contribution < 1.29 is 20.8 Å². The fourth-order valence-electron chi connectivity index (χ4n) is 4.32. The summed E-state index contributed by atoms with van der Waals surface area (Å²) in [6.07, 6.45) is 12.9. The summed E-state index contributed by atoms with van der Waals surface area (Å²) in [5.74, 6) is 5.21. The third-order valence-corrected chi connectivity index (χ3v) is 5.97. The first-order valence-electron chi connectivity index (χ1n) is 12.0. The Morgan fingerprint density at radius 2 is 0.514 bits per heavy atom. The van der Waals surface area contributed by atoms with Crippen LogP contribution in [0.1, 0.15) is 22.3 Å². The molecule has 2 aliphatic rings. The molecule has 3 heteroatoms. The Morgan fingerprint density at radius 3 is 0.703 bits per heavy atom. The van der Waals surface area contributed by atoms with Crippen LogP contribution in [-0.4, -0.2) is 0 Å². The molecule has 0 spiro atoms. The zero-order chi connectivity index (χ0) is 25.7. The predicted octanol–water partition coefficient (Wildman–Crippen LogP) is 9.09. The third kappa shape index (κ3) is 8.16. The van der Waals surface area contributed by atoms with E-state index in [9.17, 15) is 0 Å². The maximum absolute atomic E-state index is 4.93. The van der Waals surface area contributed by atoms with Gasteiger partial charge < -0.3 is 0 Å². The predicted molar refractivity (Wildman–Crippen MR) is 153 cm³/mol. The van der Waals surface area contributed by atoms with Crippen LogP contribution in [0.25, 0.3) is 0 Å². The molecule has 0 saturated heterocycles. The van der Waals surface area contributed by atoms with Crippen LogP contribution in [0.15, 0.2) is 121 Å². The van der Waals surface area contributed by atoms with E-state index in [0.29, 0.717) is 0 Å². The molecule has 178 valence electrons. The molecule has 0 aromatic heterocycles. The molecular formula is C34H26Cl2Zr+2. The molecule has 10 radical (unpaired) electrons. The van der Waals surface area contributed by atoms with E-state index in [1.807, 2.05) is 0 Å². The van der Waals surface area contributed by atoms with Crippen LogP contribution in [0.3, 0.4) is 0 Å². The topological polar surface area (TPSA) is 0 Å². The maximum atomic E-state index is 4.93. The third-order valence-electron chi connectivity index (χ3n) is 5.97. The van der Waals surface area contributed by atoms with Gasteiger partial charge in [-0.15, -0.1) is 0 Å². The van der Waals surface area contributed by atoms with Gasteiger partial charge in [0, 0.05) is 23.7 Å². The minimum absolute atomic E-state index is 0.826. The second-order valence-corrected chi connectivity index (χ2v) is 12.0. The molecule has 0 bridgehead atoms. The molecule has 0 nitrogen and oxygen atoms in total. The van der Waals surface area contributed by atoms with E-state index in [4.69, 9.17) is 17.0 Å². The molecule has 0 aliphatic heterocycles. The van der Waals surface area contributed by atoms with Crippen molar-refractivity contribution in [3.8, 4) is 0 Å². The van der Waals surface area contributed by atoms with Gasteiger partial charge in [-0.25, -0.2) is 0 Å². The van der Waals surface area contributed by atoms with Gasteiger partial charge in [-0.05, 0) is 60.8 Å². The monoisotopic (exact) mass is 594 g/mol. The van der Waals surface area contributed by atoms with Gasteiger partial charge in [0.05, 0.1) is 0 Å². The van der Waals surface area contributed by atoms with Gasteiger partial charge in [0.15, 0.2) is 0 Å². The van der Waals surface area contributed by atoms with Crippen LogP contribution in [0, 0.1) is 62.2 Å². The van der Waals surface area contributed by atoms with Gasteiger partial charge in [-0.1, -0.05) is 121 Å². The van der Waals surface area contributed by atoms with Crippen LogP contribution in [0.4, 0.5) is 0 Å². The quantitative estimate of drug-likeness (QED) is 0.221. The summed E-state index contributed by atoms with van der Waals surface area (Å²) in [4.78, 5) is 0. The Kier molecular flexibility index (Phi) is 12.0. The second kappa shape index (κ2) is 15.7. The molecular weight excluding hydrogens is 571 g/mol. The Hall–Kier alpha value is -1.66. The summed E-state index contributed by atoms with van der Waals surface area (Å²) in [5, 5.41) is 0. The summed E-state index contributed by atoms with van der Waals surface area (Å²) >= 11 is -0.826. The van der Waals surface area contributed by atoms with Gasteiger partial charge in [0.2, 0.25) is 0 Å². The molecule has 2 fully saturated rings. The molecule has 0 unspecified atom stereocenters. The SMILES string of the molecule is [CH]1[CH][C](c2ccccc2)[C](c2ccccc2)[CH]1.[CH]1[CH][C](c2ccccc2)[C](c2ccccc2)[CH]1.[Cl][Zr+2][Cl]. The minimum atomic E-state index is -0.826. The van der Waals surface area contributed by atoms with Gasteiger partial charge in [-0.2, -0.15) is 0 Å². The molecule has 37 heavy (non-hydrogen) atoms. The van der Waals surface area contributed by atoms with Crippen molar-refractivity contribution in [3.63, 3.8) is 0 Å². The summed E-state index contributed by atoms with van der Waals surface area (Å²) < 4.78 is 0. The molecule has 4 aromatic rings. The number of hydrogen-bond acceptors (Lipinski definition) is 0. The van der Waals surface area contributed by atoms with Crippen molar-refractivity contribution in [2.24, 2.45) is 0 Å². The molecule has 2 aliphatic carbocycles. The Morgan fingerprint density at radius 1 is 0.324 bits per heavy atom.